The molecule has 0 atom stereocenters. The van der Waals surface area contributed by atoms with Crippen molar-refractivity contribution in [1.29, 1.82) is 0 Å². The third-order valence-corrected chi connectivity index (χ3v) is 1.87. The van der Waals surface area contributed by atoms with Gasteiger partial charge in [-0.2, -0.15) is 5.10 Å². The van der Waals surface area contributed by atoms with Gasteiger partial charge in [0.2, 0.25) is 0 Å². The molecule has 0 fully saturated rings. The van der Waals surface area contributed by atoms with E-state index in [2.05, 4.69) is 5.10 Å². The zero-order chi connectivity index (χ0) is 10.7. The molecule has 2 rings (SSSR count). The van der Waals surface area contributed by atoms with Gasteiger partial charge in [-0.05, 0) is 30.7 Å². The molecule has 0 amide bonds. The van der Waals surface area contributed by atoms with E-state index < -0.39 is 0 Å². The lowest BCUT2D eigenvalue weighted by Gasteiger charge is -1.91. The molecular formula is C11H10N2O2. The predicted molar refractivity (Wildman–Crippen MR) is 55.3 cm³/mol. The maximum absolute atomic E-state index is 11.5. The van der Waals surface area contributed by atoms with Gasteiger partial charge in [0.25, 0.3) is 5.91 Å². The van der Waals surface area contributed by atoms with Gasteiger partial charge in [0, 0.05) is 12.3 Å². The Morgan fingerprint density at radius 1 is 1.60 bits per heavy atom. The minimum absolute atomic E-state index is 0.195. The van der Waals surface area contributed by atoms with E-state index in [-0.39, 0.29) is 5.91 Å². The Hall–Kier alpha value is -2.10. The molecule has 76 valence electrons. The van der Waals surface area contributed by atoms with Crippen molar-refractivity contribution in [3.63, 3.8) is 0 Å². The molecule has 4 nitrogen and oxygen atoms in total. The summed E-state index contributed by atoms with van der Waals surface area (Å²) in [6, 6.07) is 3.54. The molecule has 0 bridgehead atoms. The van der Waals surface area contributed by atoms with Crippen LogP contribution >= 0.6 is 0 Å². The Balaban J connectivity index is 2.10. The summed E-state index contributed by atoms with van der Waals surface area (Å²) in [5, 5.41) is 3.90. The second-order valence-electron chi connectivity index (χ2n) is 3.15. The van der Waals surface area contributed by atoms with Crippen molar-refractivity contribution in [1.82, 2.24) is 9.78 Å². The van der Waals surface area contributed by atoms with Gasteiger partial charge in [-0.25, -0.2) is 4.68 Å². The van der Waals surface area contributed by atoms with Crippen molar-refractivity contribution >= 4 is 12.0 Å². The van der Waals surface area contributed by atoms with E-state index in [1.54, 1.807) is 36.9 Å². The first kappa shape index (κ1) is 9.45. The van der Waals surface area contributed by atoms with Crippen molar-refractivity contribution < 1.29 is 9.21 Å². The van der Waals surface area contributed by atoms with Crippen molar-refractivity contribution in [3.05, 3.63) is 48.2 Å². The lowest BCUT2D eigenvalue weighted by Crippen LogP contribution is -2.06. The first-order valence-corrected chi connectivity index (χ1v) is 4.53. The molecule has 2 aromatic rings. The third kappa shape index (κ3) is 2.22. The molecule has 0 unspecified atom stereocenters. The largest absolute Gasteiger partial charge is 0.465 e. The number of allylic oxidation sites excluding steroid dienone is 1. The summed E-state index contributed by atoms with van der Waals surface area (Å²) in [5.74, 6) is 0.451. The molecule has 15 heavy (non-hydrogen) atoms. The number of hydrogen-bond donors (Lipinski definition) is 0. The van der Waals surface area contributed by atoms with Crippen LogP contribution in [0, 0.1) is 6.92 Å². The zero-order valence-corrected chi connectivity index (χ0v) is 8.25. The smallest absolute Gasteiger partial charge is 0.270 e. The van der Waals surface area contributed by atoms with Crippen LogP contribution in [-0.4, -0.2) is 15.7 Å². The van der Waals surface area contributed by atoms with E-state index in [0.717, 1.165) is 5.56 Å². The molecule has 2 aromatic heterocycles. The topological polar surface area (TPSA) is 48.0 Å². The predicted octanol–water partition coefficient (Wildman–Crippen LogP) is 2.14. The van der Waals surface area contributed by atoms with Gasteiger partial charge in [-0.1, -0.05) is 0 Å². The summed E-state index contributed by atoms with van der Waals surface area (Å²) >= 11 is 0. The summed E-state index contributed by atoms with van der Waals surface area (Å²) in [5.41, 5.74) is 0.953. The van der Waals surface area contributed by atoms with Crippen LogP contribution in [0.1, 0.15) is 16.1 Å². The van der Waals surface area contributed by atoms with E-state index in [0.29, 0.717) is 5.76 Å². The van der Waals surface area contributed by atoms with Gasteiger partial charge in [0.1, 0.15) is 5.76 Å². The van der Waals surface area contributed by atoms with Crippen LogP contribution in [0.25, 0.3) is 6.08 Å². The van der Waals surface area contributed by atoms with Crippen LogP contribution in [0.15, 0.2) is 41.3 Å². The Bertz CT molecular complexity index is 480. The number of furan rings is 1. The maximum atomic E-state index is 11.5. The molecule has 0 saturated carbocycles. The zero-order valence-electron chi connectivity index (χ0n) is 8.25. The third-order valence-electron chi connectivity index (χ3n) is 1.87. The lowest BCUT2D eigenvalue weighted by molar-refractivity contribution is 0.0955. The summed E-state index contributed by atoms with van der Waals surface area (Å²) in [6.07, 6.45) is 7.90. The normalized spacial score (nSPS) is 11.0. The summed E-state index contributed by atoms with van der Waals surface area (Å²) in [4.78, 5) is 11.5. The Labute approximate surface area is 86.8 Å². The summed E-state index contributed by atoms with van der Waals surface area (Å²) < 4.78 is 6.34. The molecule has 2 heterocycles. The van der Waals surface area contributed by atoms with E-state index in [1.807, 2.05) is 6.92 Å². The van der Waals surface area contributed by atoms with Crippen LogP contribution in [0.2, 0.25) is 0 Å². The van der Waals surface area contributed by atoms with E-state index in [1.165, 1.54) is 10.8 Å². The molecule has 0 saturated heterocycles. The van der Waals surface area contributed by atoms with E-state index in [9.17, 15) is 4.79 Å². The van der Waals surface area contributed by atoms with Gasteiger partial charge in [-0.15, -0.1) is 0 Å². The monoisotopic (exact) mass is 202 g/mol. The highest BCUT2D eigenvalue weighted by Crippen LogP contribution is 2.03. The molecule has 0 N–H and O–H groups in total. The van der Waals surface area contributed by atoms with Crippen LogP contribution in [0.4, 0.5) is 0 Å². The average Bonchev–Trinajstić information content (AvgIpc) is 2.84. The van der Waals surface area contributed by atoms with E-state index in [4.69, 9.17) is 4.42 Å². The first-order valence-electron chi connectivity index (χ1n) is 4.53. The average molecular weight is 202 g/mol. The molecule has 0 radical (unpaired) electrons. The molecule has 0 aliphatic carbocycles. The number of aryl methyl sites for hydroxylation is 1. The molecular weight excluding hydrogens is 192 g/mol. The highest BCUT2D eigenvalue weighted by molar-refractivity contribution is 5.92. The summed E-state index contributed by atoms with van der Waals surface area (Å²) in [6.45, 7) is 1.88. The molecule has 0 aliphatic rings. The molecule has 4 heteroatoms. The quantitative estimate of drug-likeness (QED) is 0.701. The van der Waals surface area contributed by atoms with Crippen LogP contribution in [0.5, 0.6) is 0 Å². The second kappa shape index (κ2) is 3.96. The van der Waals surface area contributed by atoms with Crippen molar-refractivity contribution in [2.75, 3.05) is 0 Å². The van der Waals surface area contributed by atoms with Crippen LogP contribution in [0.3, 0.4) is 0 Å². The second-order valence-corrected chi connectivity index (χ2v) is 3.15. The fourth-order valence-electron chi connectivity index (χ4n) is 1.15. The van der Waals surface area contributed by atoms with Gasteiger partial charge in [0.05, 0.1) is 12.5 Å². The Morgan fingerprint density at radius 3 is 3.07 bits per heavy atom. The maximum Gasteiger partial charge on any atom is 0.270 e. The van der Waals surface area contributed by atoms with Crippen LogP contribution in [-0.2, 0) is 0 Å². The van der Waals surface area contributed by atoms with Gasteiger partial charge in [0.15, 0.2) is 0 Å². The first-order chi connectivity index (χ1) is 7.25. The highest BCUT2D eigenvalue weighted by atomic mass is 16.3. The van der Waals surface area contributed by atoms with Crippen LogP contribution < -0.4 is 0 Å². The number of aromatic nitrogens is 2. The molecule has 0 spiro atoms. The number of rotatable bonds is 2. The Kier molecular flexibility index (Phi) is 2.49. The number of carbonyl (C=O) groups excluding carboxylic acids is 1. The standard InChI is InChI=1S/C11H10N2O2/c1-9-7-12-13(8-9)11(14)5-4-10-3-2-6-15-10/h2-8H,1H3. The number of nitrogens with zero attached hydrogens (tertiary/aromatic N) is 2. The minimum atomic E-state index is -0.195. The molecule has 0 aliphatic heterocycles. The SMILES string of the molecule is Cc1cnn(C(=O)C=Cc2ccco2)c1. The van der Waals surface area contributed by atoms with E-state index >= 15 is 0 Å². The number of carbonyl (C=O) groups is 1. The lowest BCUT2D eigenvalue weighted by atomic mass is 10.4. The van der Waals surface area contributed by atoms with Crippen molar-refractivity contribution in [3.8, 4) is 0 Å². The van der Waals surface area contributed by atoms with Gasteiger partial charge >= 0.3 is 0 Å². The fourth-order valence-corrected chi connectivity index (χ4v) is 1.15. The highest BCUT2D eigenvalue weighted by Gasteiger charge is 2.01. The van der Waals surface area contributed by atoms with Gasteiger partial charge in [-0.3, -0.25) is 4.79 Å². The summed E-state index contributed by atoms with van der Waals surface area (Å²) in [7, 11) is 0. The minimum Gasteiger partial charge on any atom is -0.465 e. The fraction of sp³-hybridized carbons (Fsp3) is 0.0909. The number of hydrogen-bond acceptors (Lipinski definition) is 3. The van der Waals surface area contributed by atoms with Crippen molar-refractivity contribution in [2.24, 2.45) is 0 Å². The van der Waals surface area contributed by atoms with Crippen molar-refractivity contribution in [2.45, 2.75) is 6.92 Å². The van der Waals surface area contributed by atoms with Gasteiger partial charge < -0.3 is 4.42 Å². The Morgan fingerprint density at radius 2 is 2.47 bits per heavy atom. The molecule has 0 aromatic carbocycles.